The highest BCUT2D eigenvalue weighted by Crippen LogP contribution is 2.37. The Morgan fingerprint density at radius 3 is 2.59 bits per heavy atom. The fourth-order valence-corrected chi connectivity index (χ4v) is 4.34. The lowest BCUT2D eigenvalue weighted by Gasteiger charge is -2.42. The zero-order chi connectivity index (χ0) is 18.9. The van der Waals surface area contributed by atoms with Gasteiger partial charge in [-0.05, 0) is 74.0 Å². The quantitative estimate of drug-likeness (QED) is 0.694. The van der Waals surface area contributed by atoms with E-state index < -0.39 is 0 Å². The van der Waals surface area contributed by atoms with Crippen molar-refractivity contribution < 1.29 is 9.84 Å². The first kappa shape index (κ1) is 18.5. The standard InChI is InChI=1S/C21H24BrN3O2/c1-27-16-5-2-14(3-6-16)18-13-19(17-12-15(22)4-7-20(17)26)25-21(24-18)8-10-23-11-9-21/h2-7,12,19,23,25-26H,8-11,13H2,1H3/t19-/m0/s1. The van der Waals surface area contributed by atoms with Crippen LogP contribution in [0.25, 0.3) is 0 Å². The number of hydrogen-bond donors (Lipinski definition) is 3. The van der Waals surface area contributed by atoms with Gasteiger partial charge in [-0.3, -0.25) is 10.3 Å². The molecule has 0 saturated carbocycles. The summed E-state index contributed by atoms with van der Waals surface area (Å²) in [6, 6.07) is 13.7. The first-order valence-electron chi connectivity index (χ1n) is 9.28. The molecule has 0 radical (unpaired) electrons. The average molecular weight is 430 g/mol. The Morgan fingerprint density at radius 1 is 1.15 bits per heavy atom. The van der Waals surface area contributed by atoms with Gasteiger partial charge in [-0.2, -0.15) is 0 Å². The predicted octanol–water partition coefficient (Wildman–Crippen LogP) is 3.77. The number of aliphatic imine (C=N–C) groups is 1. The molecule has 1 fully saturated rings. The fourth-order valence-electron chi connectivity index (χ4n) is 3.96. The zero-order valence-electron chi connectivity index (χ0n) is 15.3. The van der Waals surface area contributed by atoms with Crippen LogP contribution >= 0.6 is 15.9 Å². The van der Waals surface area contributed by atoms with Crippen LogP contribution in [0, 0.1) is 0 Å². The first-order chi connectivity index (χ1) is 13.1. The van der Waals surface area contributed by atoms with Gasteiger partial charge in [-0.25, -0.2) is 0 Å². The Labute approximate surface area is 168 Å². The van der Waals surface area contributed by atoms with E-state index in [2.05, 4.69) is 38.7 Å². The summed E-state index contributed by atoms with van der Waals surface area (Å²) in [5, 5.41) is 17.6. The van der Waals surface area contributed by atoms with E-state index in [-0.39, 0.29) is 11.7 Å². The summed E-state index contributed by atoms with van der Waals surface area (Å²) in [6.07, 6.45) is 2.58. The predicted molar refractivity (Wildman–Crippen MR) is 111 cm³/mol. The lowest BCUT2D eigenvalue weighted by Crippen LogP contribution is -2.55. The van der Waals surface area contributed by atoms with Crippen molar-refractivity contribution in [2.24, 2.45) is 4.99 Å². The van der Waals surface area contributed by atoms with Crippen molar-refractivity contribution >= 4 is 21.6 Å². The number of rotatable bonds is 3. The average Bonchev–Trinajstić information content (AvgIpc) is 2.70. The minimum atomic E-state index is -0.293. The van der Waals surface area contributed by atoms with Crippen LogP contribution in [-0.4, -0.2) is 36.7 Å². The molecule has 2 aromatic carbocycles. The lowest BCUT2D eigenvalue weighted by molar-refractivity contribution is 0.216. The molecule has 5 nitrogen and oxygen atoms in total. The van der Waals surface area contributed by atoms with E-state index in [0.29, 0.717) is 5.75 Å². The smallest absolute Gasteiger partial charge is 0.120 e. The minimum absolute atomic E-state index is 0.00945. The maximum Gasteiger partial charge on any atom is 0.120 e. The molecule has 2 aliphatic rings. The molecule has 3 N–H and O–H groups in total. The molecular weight excluding hydrogens is 406 g/mol. The molecular formula is C21H24BrN3O2. The molecule has 0 bridgehead atoms. The molecule has 1 atom stereocenters. The molecule has 1 saturated heterocycles. The van der Waals surface area contributed by atoms with Gasteiger partial charge in [0.15, 0.2) is 0 Å². The summed E-state index contributed by atoms with van der Waals surface area (Å²) in [5.41, 5.74) is 2.79. The minimum Gasteiger partial charge on any atom is -0.508 e. The van der Waals surface area contributed by atoms with Gasteiger partial charge in [0.1, 0.15) is 17.2 Å². The molecule has 27 heavy (non-hydrogen) atoms. The number of halogens is 1. The molecule has 0 amide bonds. The Kier molecular flexibility index (Phi) is 5.21. The second-order valence-corrected chi connectivity index (χ2v) is 8.09. The summed E-state index contributed by atoms with van der Waals surface area (Å²) in [6.45, 7) is 1.87. The van der Waals surface area contributed by atoms with Gasteiger partial charge in [0, 0.05) is 28.2 Å². The van der Waals surface area contributed by atoms with E-state index in [1.165, 1.54) is 0 Å². The van der Waals surface area contributed by atoms with Crippen molar-refractivity contribution in [2.45, 2.75) is 31.0 Å². The van der Waals surface area contributed by atoms with Gasteiger partial charge in [-0.15, -0.1) is 0 Å². The van der Waals surface area contributed by atoms with Crippen molar-refractivity contribution in [3.63, 3.8) is 0 Å². The van der Waals surface area contributed by atoms with Gasteiger partial charge in [0.05, 0.1) is 7.11 Å². The maximum absolute atomic E-state index is 10.5. The van der Waals surface area contributed by atoms with E-state index in [4.69, 9.17) is 9.73 Å². The molecule has 2 heterocycles. The topological polar surface area (TPSA) is 65.9 Å². The maximum atomic E-state index is 10.5. The Bertz CT molecular complexity index is 845. The third kappa shape index (κ3) is 3.88. The number of aromatic hydroxyl groups is 1. The van der Waals surface area contributed by atoms with Gasteiger partial charge in [-0.1, -0.05) is 15.9 Å². The van der Waals surface area contributed by atoms with Crippen LogP contribution in [0.1, 0.15) is 36.4 Å². The number of nitrogens with one attached hydrogen (secondary N) is 2. The van der Waals surface area contributed by atoms with Crippen LogP contribution < -0.4 is 15.4 Å². The Balaban J connectivity index is 1.73. The van der Waals surface area contributed by atoms with Crippen LogP contribution in [0.5, 0.6) is 11.5 Å². The third-order valence-corrected chi connectivity index (χ3v) is 5.90. The van der Waals surface area contributed by atoms with Crippen molar-refractivity contribution in [1.29, 1.82) is 0 Å². The number of nitrogens with zero attached hydrogens (tertiary/aromatic N) is 1. The van der Waals surface area contributed by atoms with Crippen LogP contribution in [0.3, 0.4) is 0 Å². The summed E-state index contributed by atoms with van der Waals surface area (Å²) in [4.78, 5) is 5.16. The number of piperidine rings is 1. The van der Waals surface area contributed by atoms with E-state index in [1.54, 1.807) is 13.2 Å². The van der Waals surface area contributed by atoms with Gasteiger partial charge >= 0.3 is 0 Å². The molecule has 1 spiro atoms. The number of methoxy groups -OCH3 is 1. The normalized spacial score (nSPS) is 21.7. The van der Waals surface area contributed by atoms with Gasteiger partial charge in [0.25, 0.3) is 0 Å². The second-order valence-electron chi connectivity index (χ2n) is 7.17. The highest BCUT2D eigenvalue weighted by molar-refractivity contribution is 9.10. The number of phenols is 1. The van der Waals surface area contributed by atoms with E-state index in [9.17, 15) is 5.11 Å². The largest absolute Gasteiger partial charge is 0.508 e. The number of benzene rings is 2. The third-order valence-electron chi connectivity index (χ3n) is 5.41. The number of hydrogen-bond acceptors (Lipinski definition) is 5. The second kappa shape index (κ2) is 7.62. The summed E-state index contributed by atoms with van der Waals surface area (Å²) >= 11 is 3.53. The van der Waals surface area contributed by atoms with Crippen molar-refractivity contribution in [2.75, 3.05) is 20.2 Å². The van der Waals surface area contributed by atoms with E-state index in [0.717, 1.165) is 59.4 Å². The monoisotopic (exact) mass is 429 g/mol. The highest BCUT2D eigenvalue weighted by atomic mass is 79.9. The van der Waals surface area contributed by atoms with Crippen molar-refractivity contribution in [1.82, 2.24) is 10.6 Å². The van der Waals surface area contributed by atoms with Gasteiger partial charge in [0.2, 0.25) is 0 Å². The highest BCUT2D eigenvalue weighted by Gasteiger charge is 2.39. The van der Waals surface area contributed by atoms with Crippen LogP contribution in [0.2, 0.25) is 0 Å². The van der Waals surface area contributed by atoms with Crippen molar-refractivity contribution in [3.05, 3.63) is 58.1 Å². The van der Waals surface area contributed by atoms with Crippen LogP contribution in [0.4, 0.5) is 0 Å². The Hall–Kier alpha value is -1.89. The number of ether oxygens (including phenoxy) is 1. The number of phenolic OH excluding ortho intramolecular Hbond substituents is 1. The first-order valence-corrected chi connectivity index (χ1v) is 10.1. The molecule has 6 heteroatoms. The van der Waals surface area contributed by atoms with Gasteiger partial charge < -0.3 is 15.2 Å². The fraction of sp³-hybridized carbons (Fsp3) is 0.381. The zero-order valence-corrected chi connectivity index (χ0v) is 16.9. The van der Waals surface area contributed by atoms with E-state index in [1.807, 2.05) is 24.3 Å². The summed E-state index contributed by atoms with van der Waals surface area (Å²) in [7, 11) is 1.67. The van der Waals surface area contributed by atoms with Crippen molar-refractivity contribution in [3.8, 4) is 11.5 Å². The molecule has 0 aliphatic carbocycles. The summed E-state index contributed by atoms with van der Waals surface area (Å²) < 4.78 is 6.25. The Morgan fingerprint density at radius 2 is 1.89 bits per heavy atom. The summed E-state index contributed by atoms with van der Waals surface area (Å²) in [5.74, 6) is 1.15. The molecule has 2 aliphatic heterocycles. The molecule has 2 aromatic rings. The van der Waals surface area contributed by atoms with E-state index >= 15 is 0 Å². The van der Waals surface area contributed by atoms with Crippen LogP contribution in [0.15, 0.2) is 51.9 Å². The molecule has 0 aromatic heterocycles. The molecule has 4 rings (SSSR count). The molecule has 0 unspecified atom stereocenters. The lowest BCUT2D eigenvalue weighted by atomic mass is 9.88. The molecule has 142 valence electrons. The van der Waals surface area contributed by atoms with Crippen LogP contribution in [-0.2, 0) is 0 Å². The SMILES string of the molecule is COc1ccc(C2=NC3(CCNCC3)N[C@H](c3cc(Br)ccc3O)C2)cc1.